The summed E-state index contributed by atoms with van der Waals surface area (Å²) in [6.45, 7) is 18.3. The molecule has 0 N–H and O–H groups in total. The van der Waals surface area contributed by atoms with Crippen molar-refractivity contribution in [1.29, 1.82) is 0 Å². The molecular formula is C73H58N2O3. The van der Waals surface area contributed by atoms with Gasteiger partial charge >= 0.3 is 0 Å². The van der Waals surface area contributed by atoms with Crippen molar-refractivity contribution in [3.63, 3.8) is 0 Å². The second kappa shape index (κ2) is 16.5. The summed E-state index contributed by atoms with van der Waals surface area (Å²) in [7, 11) is 0. The van der Waals surface area contributed by atoms with Crippen LogP contribution >= 0.6 is 0 Å². The number of hydrogen-bond acceptors (Lipinski definition) is 5. The highest BCUT2D eigenvalue weighted by molar-refractivity contribution is 6.26. The summed E-state index contributed by atoms with van der Waals surface area (Å²) < 4.78 is 21.5. The fourth-order valence-corrected chi connectivity index (χ4v) is 13.3. The van der Waals surface area contributed by atoms with E-state index in [4.69, 9.17) is 13.3 Å². The maximum absolute atomic E-state index is 7.22. The van der Waals surface area contributed by atoms with Crippen molar-refractivity contribution in [2.75, 3.05) is 9.80 Å². The highest BCUT2D eigenvalue weighted by atomic mass is 16.3. The average molecular weight is 1010 g/mol. The Morgan fingerprint density at radius 1 is 0.346 bits per heavy atom. The first-order chi connectivity index (χ1) is 37.8. The predicted octanol–water partition coefficient (Wildman–Crippen LogP) is 21.5. The smallest absolute Gasteiger partial charge is 0.159 e. The van der Waals surface area contributed by atoms with Gasteiger partial charge in [-0.1, -0.05) is 207 Å². The summed E-state index contributed by atoms with van der Waals surface area (Å²) in [5.41, 5.74) is 18.2. The van der Waals surface area contributed by atoms with E-state index in [9.17, 15) is 0 Å². The lowest BCUT2D eigenvalue weighted by Gasteiger charge is -2.30. The molecule has 1 aliphatic carbocycles. The maximum Gasteiger partial charge on any atom is 0.159 e. The largest absolute Gasteiger partial charge is 0.456 e. The first-order valence-electron chi connectivity index (χ1n) is 27.3. The summed E-state index contributed by atoms with van der Waals surface area (Å²) in [5.74, 6) is 0. The molecule has 0 unspecified atom stereocenters. The Hall–Kier alpha value is -9.06. The topological polar surface area (TPSA) is 45.9 Å². The summed E-state index contributed by atoms with van der Waals surface area (Å²) in [4.78, 5) is 4.79. The molecule has 0 saturated carbocycles. The molecule has 14 aromatic rings. The molecule has 0 amide bonds. The van der Waals surface area contributed by atoms with Crippen LogP contribution < -0.4 is 9.80 Å². The fourth-order valence-electron chi connectivity index (χ4n) is 13.3. The van der Waals surface area contributed by atoms with Crippen molar-refractivity contribution >= 4 is 121 Å². The van der Waals surface area contributed by atoms with Crippen LogP contribution in [-0.4, -0.2) is 0 Å². The molecule has 0 spiro atoms. The van der Waals surface area contributed by atoms with Crippen molar-refractivity contribution in [3.05, 3.63) is 229 Å². The third-order valence-corrected chi connectivity index (χ3v) is 16.8. The van der Waals surface area contributed by atoms with Crippen molar-refractivity contribution < 1.29 is 13.3 Å². The summed E-state index contributed by atoms with van der Waals surface area (Å²) >= 11 is 0. The second-order valence-corrected chi connectivity index (χ2v) is 24.0. The lowest BCUT2D eigenvalue weighted by molar-refractivity contribution is 0.572. The highest BCUT2D eigenvalue weighted by Crippen LogP contribution is 2.59. The number of fused-ring (bicyclic) bond motifs is 17. The minimum Gasteiger partial charge on any atom is -0.456 e. The van der Waals surface area contributed by atoms with E-state index in [1.54, 1.807) is 0 Å². The van der Waals surface area contributed by atoms with Gasteiger partial charge in [0, 0.05) is 77.1 Å². The van der Waals surface area contributed by atoms with Crippen molar-refractivity contribution in [2.24, 2.45) is 0 Å². The molecule has 5 heteroatoms. The number of para-hydroxylation sites is 6. The van der Waals surface area contributed by atoms with Crippen LogP contribution in [0.25, 0.3) is 98.5 Å². The molecule has 0 radical (unpaired) electrons. The third-order valence-electron chi connectivity index (χ3n) is 16.8. The van der Waals surface area contributed by atoms with Gasteiger partial charge in [0.25, 0.3) is 0 Å². The number of furan rings is 3. The van der Waals surface area contributed by atoms with Crippen LogP contribution in [0.3, 0.4) is 0 Å². The van der Waals surface area contributed by atoms with Crippen molar-refractivity contribution in [3.8, 4) is 11.1 Å². The molecule has 0 aliphatic heterocycles. The Morgan fingerprint density at radius 3 is 1.31 bits per heavy atom. The predicted molar refractivity (Wildman–Crippen MR) is 328 cm³/mol. The summed E-state index contributed by atoms with van der Waals surface area (Å²) in [5, 5.41) is 11.3. The zero-order chi connectivity index (χ0) is 53.0. The number of nitrogens with zero attached hydrogens (tertiary/aromatic N) is 2. The van der Waals surface area contributed by atoms with Gasteiger partial charge in [0.1, 0.15) is 22.3 Å². The quantitative estimate of drug-likeness (QED) is 0.166. The number of anilines is 6. The van der Waals surface area contributed by atoms with Gasteiger partial charge in [-0.15, -0.1) is 0 Å². The van der Waals surface area contributed by atoms with E-state index < -0.39 is 5.41 Å². The van der Waals surface area contributed by atoms with Crippen LogP contribution in [0.1, 0.15) is 77.6 Å². The van der Waals surface area contributed by atoms with E-state index in [1.807, 2.05) is 0 Å². The molecule has 5 nitrogen and oxygen atoms in total. The average Bonchev–Trinajstić information content (AvgIpc) is 4.37. The molecule has 11 aromatic carbocycles. The second-order valence-electron chi connectivity index (χ2n) is 24.0. The van der Waals surface area contributed by atoms with E-state index in [-0.39, 0.29) is 10.8 Å². The number of benzene rings is 11. The summed E-state index contributed by atoms with van der Waals surface area (Å²) in [6, 6.07) is 74.8. The first kappa shape index (κ1) is 46.3. The minimum absolute atomic E-state index is 0.103. The number of rotatable bonds is 6. The zero-order valence-electron chi connectivity index (χ0n) is 45.2. The van der Waals surface area contributed by atoms with E-state index in [0.29, 0.717) is 0 Å². The normalized spacial score (nSPS) is 13.5. The molecule has 3 heterocycles. The van der Waals surface area contributed by atoms with Crippen LogP contribution in [0.4, 0.5) is 34.1 Å². The molecule has 0 fully saturated rings. The zero-order valence-corrected chi connectivity index (χ0v) is 45.2. The van der Waals surface area contributed by atoms with Crippen LogP contribution in [0.5, 0.6) is 0 Å². The standard InChI is InChI=1S/C73H58N2O3/c1-71(2,3)54-35-19-31-49-51-33-21-37-57(69(51)77-67(49)54)74(43-23-11-9-12-24-43)59-41-56-63(47-29-17-15-27-45(47)59)53-39-40-61-65(66(53)73(56,7)8)64-48-30-18-16-28-46(48)60(42-62(64)76-61)75(44-25-13-10-14-26-44)58-38-22-34-52-50-32-20-36-55(72(4,5)6)68(50)78-70(52)58/h9-42H,1-8H3. The fraction of sp³-hybridized carbons (Fsp3) is 0.151. The van der Waals surface area contributed by atoms with E-state index >= 15 is 0 Å². The van der Waals surface area contributed by atoms with Crippen LogP contribution in [0.2, 0.25) is 0 Å². The van der Waals surface area contributed by atoms with Gasteiger partial charge in [0.05, 0.1) is 22.7 Å². The highest BCUT2D eigenvalue weighted by Gasteiger charge is 2.41. The van der Waals surface area contributed by atoms with Gasteiger partial charge in [-0.2, -0.15) is 0 Å². The lowest BCUT2D eigenvalue weighted by atomic mass is 9.79. The molecule has 1 aliphatic rings. The molecule has 3 aromatic heterocycles. The molecule has 378 valence electrons. The maximum atomic E-state index is 7.22. The Labute approximate surface area is 453 Å². The summed E-state index contributed by atoms with van der Waals surface area (Å²) in [6.07, 6.45) is 0. The molecule has 15 rings (SSSR count). The first-order valence-corrected chi connectivity index (χ1v) is 27.3. The van der Waals surface area contributed by atoms with Crippen molar-refractivity contribution in [2.45, 2.75) is 71.6 Å². The van der Waals surface area contributed by atoms with Gasteiger partial charge in [-0.3, -0.25) is 0 Å². The van der Waals surface area contributed by atoms with E-state index in [0.717, 1.165) is 116 Å². The molecular weight excluding hydrogens is 953 g/mol. The Balaban J connectivity index is 0.963. The minimum atomic E-state index is -0.451. The van der Waals surface area contributed by atoms with Crippen LogP contribution in [0.15, 0.2) is 220 Å². The Morgan fingerprint density at radius 2 is 0.782 bits per heavy atom. The van der Waals surface area contributed by atoms with Gasteiger partial charge in [-0.05, 0) is 92.4 Å². The van der Waals surface area contributed by atoms with E-state index in [2.05, 4.69) is 271 Å². The SMILES string of the molecule is CC(C)(C)c1cccc2c1oc1c(N(c3ccccc3)c3cc4c(c5ccccc35)-c3ccc5oc6cc(N(c7ccccc7)c7cccc8c7oc7c(C(C)(C)C)cccc78)c7ccccc7c6c5c3C4(C)C)cccc12. The van der Waals surface area contributed by atoms with Crippen molar-refractivity contribution in [1.82, 2.24) is 0 Å². The molecule has 0 atom stereocenters. The Kier molecular flexibility index (Phi) is 9.77. The molecule has 0 saturated heterocycles. The number of hydrogen-bond donors (Lipinski definition) is 0. The van der Waals surface area contributed by atoms with Gasteiger partial charge in [-0.25, -0.2) is 0 Å². The van der Waals surface area contributed by atoms with Crippen LogP contribution in [-0.2, 0) is 16.2 Å². The van der Waals surface area contributed by atoms with Gasteiger partial charge in [0.2, 0.25) is 0 Å². The van der Waals surface area contributed by atoms with Gasteiger partial charge in [0.15, 0.2) is 11.2 Å². The van der Waals surface area contributed by atoms with E-state index in [1.165, 1.54) is 38.8 Å². The lowest BCUT2D eigenvalue weighted by Crippen LogP contribution is -2.17. The Bertz CT molecular complexity index is 4790. The molecule has 78 heavy (non-hydrogen) atoms. The van der Waals surface area contributed by atoms with Crippen LogP contribution in [0, 0.1) is 0 Å². The van der Waals surface area contributed by atoms with Gasteiger partial charge < -0.3 is 23.1 Å². The molecule has 0 bridgehead atoms. The third kappa shape index (κ3) is 6.60. The monoisotopic (exact) mass is 1010 g/mol.